The van der Waals surface area contributed by atoms with Gasteiger partial charge in [-0.25, -0.2) is 9.37 Å². The zero-order chi connectivity index (χ0) is 23.0. The molecule has 1 amide bonds. The molecule has 3 heterocycles. The number of fused-ring (bicyclic) bond motifs is 1. The van der Waals surface area contributed by atoms with Crippen molar-refractivity contribution in [1.82, 2.24) is 19.7 Å². The topological polar surface area (TPSA) is 79.2 Å². The normalized spacial score (nSPS) is 25.6. The van der Waals surface area contributed by atoms with Gasteiger partial charge in [0.25, 0.3) is 0 Å². The maximum absolute atomic E-state index is 14.3. The molecule has 2 aromatic heterocycles. The highest BCUT2D eigenvalue weighted by molar-refractivity contribution is 6.04. The molecule has 0 aromatic carbocycles. The van der Waals surface area contributed by atoms with Gasteiger partial charge in [0, 0.05) is 38.9 Å². The molecule has 1 N–H and O–H groups in total. The van der Waals surface area contributed by atoms with Gasteiger partial charge in [0.1, 0.15) is 17.4 Å². The van der Waals surface area contributed by atoms with Crippen LogP contribution in [0, 0.1) is 12.8 Å². The highest BCUT2D eigenvalue weighted by atomic mass is 19.1. The second kappa shape index (κ2) is 8.52. The van der Waals surface area contributed by atoms with Crippen molar-refractivity contribution < 1.29 is 9.18 Å². The van der Waals surface area contributed by atoms with E-state index in [1.54, 1.807) is 11.9 Å². The van der Waals surface area contributed by atoms with Crippen LogP contribution in [0.15, 0.2) is 25.0 Å². The Hall–Kier alpha value is -2.97. The van der Waals surface area contributed by atoms with Crippen LogP contribution in [0.4, 0.5) is 21.8 Å². The van der Waals surface area contributed by atoms with Crippen molar-refractivity contribution in [3.05, 3.63) is 36.3 Å². The van der Waals surface area contributed by atoms with Crippen LogP contribution >= 0.6 is 0 Å². The molecule has 1 aliphatic carbocycles. The number of allylic oxidation sites excluding steroid dienone is 1. The van der Waals surface area contributed by atoms with Crippen molar-refractivity contribution in [3.8, 4) is 0 Å². The smallest absolute Gasteiger partial charge is 0.249 e. The van der Waals surface area contributed by atoms with Gasteiger partial charge in [-0.2, -0.15) is 10.1 Å². The van der Waals surface area contributed by atoms with E-state index in [0.29, 0.717) is 31.3 Å². The summed E-state index contributed by atoms with van der Waals surface area (Å²) in [5.41, 5.74) is 1.33. The number of nitrogens with zero attached hydrogens (tertiary/aromatic N) is 6. The maximum Gasteiger partial charge on any atom is 0.249 e. The van der Waals surface area contributed by atoms with E-state index in [4.69, 9.17) is 0 Å². The summed E-state index contributed by atoms with van der Waals surface area (Å²) in [4.78, 5) is 25.2. The summed E-state index contributed by atoms with van der Waals surface area (Å²) in [5.74, 6) is 1.72. The first-order chi connectivity index (χ1) is 15.2. The summed E-state index contributed by atoms with van der Waals surface area (Å²) in [7, 11) is 3.64. The molecular weight excluding hydrogens is 409 g/mol. The number of likely N-dealkylation sites (N-methyl/N-ethyl adjacent to an activating group) is 2. The van der Waals surface area contributed by atoms with Crippen LogP contribution in [0.25, 0.3) is 0 Å². The fourth-order valence-corrected chi connectivity index (χ4v) is 4.60. The molecular formula is C23H32FN7O. The minimum atomic E-state index is -1.20. The Morgan fingerprint density at radius 1 is 1.31 bits per heavy atom. The van der Waals surface area contributed by atoms with E-state index in [1.165, 1.54) is 6.08 Å². The van der Waals surface area contributed by atoms with Gasteiger partial charge in [0.2, 0.25) is 11.9 Å². The van der Waals surface area contributed by atoms with Crippen molar-refractivity contribution >= 4 is 23.4 Å². The Bertz CT molecular complexity index is 1010. The number of halogens is 1. The van der Waals surface area contributed by atoms with Crippen LogP contribution in [0.5, 0.6) is 0 Å². The first-order valence-electron chi connectivity index (χ1n) is 11.2. The molecule has 1 atom stereocenters. The van der Waals surface area contributed by atoms with Gasteiger partial charge in [-0.1, -0.05) is 12.7 Å². The first kappa shape index (κ1) is 22.2. The molecule has 0 bridgehead atoms. The van der Waals surface area contributed by atoms with Gasteiger partial charge in [-0.15, -0.1) is 0 Å². The molecule has 1 saturated carbocycles. The Balaban J connectivity index is 1.39. The minimum absolute atomic E-state index is 0.0273. The average Bonchev–Trinajstić information content (AvgIpc) is 3.23. The van der Waals surface area contributed by atoms with E-state index in [2.05, 4.69) is 27.0 Å². The molecule has 4 rings (SSSR count). The number of rotatable bonds is 6. The Kier molecular flexibility index (Phi) is 5.92. The molecule has 2 aromatic rings. The van der Waals surface area contributed by atoms with E-state index in [1.807, 2.05) is 42.9 Å². The minimum Gasteiger partial charge on any atom is -0.350 e. The summed E-state index contributed by atoms with van der Waals surface area (Å²) in [6.07, 6.45) is 8.09. The largest absolute Gasteiger partial charge is 0.350 e. The van der Waals surface area contributed by atoms with Gasteiger partial charge in [0.15, 0.2) is 5.82 Å². The van der Waals surface area contributed by atoms with Crippen LogP contribution in [0.3, 0.4) is 0 Å². The van der Waals surface area contributed by atoms with Gasteiger partial charge >= 0.3 is 0 Å². The number of hydrogen-bond acceptors (Lipinski definition) is 6. The molecule has 0 spiro atoms. The van der Waals surface area contributed by atoms with Gasteiger partial charge in [-0.05, 0) is 45.4 Å². The SMILES string of the molecule is C=CC1(F)CCC(Cn2cc(CNc3nc(C)c4c(n3)N(C)C(C)C(=O)N4C)cn2)CC1. The number of aryl methyl sites for hydroxylation is 1. The lowest BCUT2D eigenvalue weighted by molar-refractivity contribution is -0.119. The van der Waals surface area contributed by atoms with E-state index in [0.717, 1.165) is 42.1 Å². The lowest BCUT2D eigenvalue weighted by Crippen LogP contribution is -2.49. The molecule has 32 heavy (non-hydrogen) atoms. The number of carbonyl (C=O) groups excluding carboxylic acids is 1. The Labute approximate surface area is 188 Å². The molecule has 1 unspecified atom stereocenters. The summed E-state index contributed by atoms with van der Waals surface area (Å²) >= 11 is 0. The lowest BCUT2D eigenvalue weighted by atomic mass is 9.80. The van der Waals surface area contributed by atoms with Crippen molar-refractivity contribution in [3.63, 3.8) is 0 Å². The number of hydrogen-bond donors (Lipinski definition) is 1. The highest BCUT2D eigenvalue weighted by Crippen LogP contribution is 2.37. The zero-order valence-electron chi connectivity index (χ0n) is 19.3. The second-order valence-electron chi connectivity index (χ2n) is 9.10. The maximum atomic E-state index is 14.3. The van der Waals surface area contributed by atoms with Gasteiger partial charge in [0.05, 0.1) is 11.9 Å². The van der Waals surface area contributed by atoms with E-state index in [9.17, 15) is 9.18 Å². The number of aromatic nitrogens is 4. The van der Waals surface area contributed by atoms with E-state index in [-0.39, 0.29) is 11.9 Å². The third-order valence-corrected chi connectivity index (χ3v) is 6.86. The standard InChI is InChI=1S/C23H32FN7O/c1-6-23(24)9-7-17(8-10-23)13-31-14-18(12-26-31)11-25-22-27-15(2)19-20(28-22)29(4)16(3)21(32)30(19)5/h6,12,14,16-17H,1,7-11,13H2,2-5H3,(H,25,27,28). The molecule has 2 aliphatic rings. The quantitative estimate of drug-likeness (QED) is 0.692. The lowest BCUT2D eigenvalue weighted by Gasteiger charge is -2.37. The zero-order valence-corrected chi connectivity index (χ0v) is 19.3. The second-order valence-corrected chi connectivity index (χ2v) is 9.10. The van der Waals surface area contributed by atoms with Crippen LogP contribution < -0.4 is 15.1 Å². The summed E-state index contributed by atoms with van der Waals surface area (Å²) in [6.45, 7) is 8.73. The van der Waals surface area contributed by atoms with Crippen LogP contribution in [0.1, 0.15) is 43.9 Å². The number of amides is 1. The summed E-state index contributed by atoms with van der Waals surface area (Å²) in [6, 6.07) is -0.276. The van der Waals surface area contributed by atoms with Gasteiger partial charge in [-0.3, -0.25) is 9.48 Å². The molecule has 9 heteroatoms. The predicted octanol–water partition coefficient (Wildman–Crippen LogP) is 3.48. The molecule has 1 aliphatic heterocycles. The van der Waals surface area contributed by atoms with Crippen molar-refractivity contribution in [2.24, 2.45) is 5.92 Å². The van der Waals surface area contributed by atoms with E-state index >= 15 is 0 Å². The Morgan fingerprint density at radius 2 is 2.03 bits per heavy atom. The number of alkyl halides is 1. The van der Waals surface area contributed by atoms with Crippen molar-refractivity contribution in [1.29, 1.82) is 0 Å². The van der Waals surface area contributed by atoms with Gasteiger partial charge < -0.3 is 15.1 Å². The molecule has 0 radical (unpaired) electrons. The molecule has 0 saturated heterocycles. The molecule has 8 nitrogen and oxygen atoms in total. The fraction of sp³-hybridized carbons (Fsp3) is 0.565. The Morgan fingerprint density at radius 3 is 2.72 bits per heavy atom. The highest BCUT2D eigenvalue weighted by Gasteiger charge is 2.35. The third kappa shape index (κ3) is 4.20. The molecule has 1 fully saturated rings. The number of anilines is 3. The van der Waals surface area contributed by atoms with E-state index < -0.39 is 5.67 Å². The van der Waals surface area contributed by atoms with Crippen molar-refractivity contribution in [2.45, 2.75) is 64.3 Å². The fourth-order valence-electron chi connectivity index (χ4n) is 4.60. The molecule has 172 valence electrons. The van der Waals surface area contributed by atoms with Crippen LogP contribution in [-0.4, -0.2) is 51.5 Å². The first-order valence-corrected chi connectivity index (χ1v) is 11.2. The van der Waals surface area contributed by atoms with Crippen LogP contribution in [0.2, 0.25) is 0 Å². The number of carbonyl (C=O) groups is 1. The van der Waals surface area contributed by atoms with Crippen LogP contribution in [-0.2, 0) is 17.9 Å². The monoisotopic (exact) mass is 441 g/mol. The average molecular weight is 442 g/mol. The third-order valence-electron chi connectivity index (χ3n) is 6.86. The summed E-state index contributed by atoms with van der Waals surface area (Å²) < 4.78 is 16.3. The summed E-state index contributed by atoms with van der Waals surface area (Å²) in [5, 5.41) is 7.76. The predicted molar refractivity (Wildman–Crippen MR) is 124 cm³/mol. The number of nitrogens with one attached hydrogen (secondary N) is 1. The van der Waals surface area contributed by atoms with Crippen molar-refractivity contribution in [2.75, 3.05) is 29.2 Å².